The van der Waals surface area contributed by atoms with E-state index in [0.717, 1.165) is 35.5 Å². The van der Waals surface area contributed by atoms with Gasteiger partial charge in [0.25, 0.3) is 0 Å². The minimum atomic E-state index is -0.120. The van der Waals surface area contributed by atoms with E-state index in [9.17, 15) is 4.79 Å². The summed E-state index contributed by atoms with van der Waals surface area (Å²) in [6.07, 6.45) is 5.61. The van der Waals surface area contributed by atoms with E-state index in [1.165, 1.54) is 19.3 Å². The van der Waals surface area contributed by atoms with Crippen molar-refractivity contribution < 1.29 is 9.53 Å². The number of para-hydroxylation sites is 2. The first-order valence-electron chi connectivity index (χ1n) is 8.49. The molecule has 0 unspecified atom stereocenters. The maximum atomic E-state index is 12.7. The van der Waals surface area contributed by atoms with Crippen molar-refractivity contribution >= 4 is 5.91 Å². The van der Waals surface area contributed by atoms with Crippen LogP contribution in [0.1, 0.15) is 49.3 Å². The Kier molecular flexibility index (Phi) is 3.78. The predicted molar refractivity (Wildman–Crippen MR) is 89.5 cm³/mol. The van der Waals surface area contributed by atoms with Crippen LogP contribution in [0.15, 0.2) is 48.5 Å². The fourth-order valence-electron chi connectivity index (χ4n) is 3.69. The van der Waals surface area contributed by atoms with Crippen LogP contribution in [-0.2, 0) is 4.79 Å². The van der Waals surface area contributed by atoms with Gasteiger partial charge in [0.05, 0.1) is 6.04 Å². The maximum Gasteiger partial charge on any atom is 0.223 e. The van der Waals surface area contributed by atoms with E-state index < -0.39 is 0 Å². The summed E-state index contributed by atoms with van der Waals surface area (Å²) in [5, 5.41) is 3.28. The zero-order chi connectivity index (χ0) is 15.6. The number of carbonyl (C=O) groups is 1. The van der Waals surface area contributed by atoms with Gasteiger partial charge in [-0.2, -0.15) is 0 Å². The van der Waals surface area contributed by atoms with Crippen LogP contribution in [0.4, 0.5) is 0 Å². The topological polar surface area (TPSA) is 38.3 Å². The van der Waals surface area contributed by atoms with Crippen LogP contribution in [0.25, 0.3) is 0 Å². The Morgan fingerprint density at radius 1 is 0.870 bits per heavy atom. The average molecular weight is 307 g/mol. The van der Waals surface area contributed by atoms with Crippen molar-refractivity contribution in [2.24, 2.45) is 5.92 Å². The van der Waals surface area contributed by atoms with E-state index in [2.05, 4.69) is 5.32 Å². The zero-order valence-corrected chi connectivity index (χ0v) is 13.1. The highest BCUT2D eigenvalue weighted by molar-refractivity contribution is 5.80. The van der Waals surface area contributed by atoms with Gasteiger partial charge in [-0.15, -0.1) is 0 Å². The summed E-state index contributed by atoms with van der Waals surface area (Å²) < 4.78 is 5.98. The SMILES string of the molecule is O=C(NC1c2ccccc2Oc2ccccc21)C1CCCCC1. The van der Waals surface area contributed by atoms with Crippen LogP contribution in [-0.4, -0.2) is 5.91 Å². The summed E-state index contributed by atoms with van der Waals surface area (Å²) in [5.41, 5.74) is 2.07. The molecule has 0 radical (unpaired) electrons. The van der Waals surface area contributed by atoms with Gasteiger partial charge in [0.1, 0.15) is 11.5 Å². The molecule has 2 aromatic carbocycles. The molecule has 0 saturated heterocycles. The van der Waals surface area contributed by atoms with Crippen LogP contribution in [0, 0.1) is 5.92 Å². The average Bonchev–Trinajstić information content (AvgIpc) is 2.62. The number of fused-ring (bicyclic) bond motifs is 2. The lowest BCUT2D eigenvalue weighted by Crippen LogP contribution is -2.36. The molecule has 3 heteroatoms. The molecule has 1 saturated carbocycles. The number of benzene rings is 2. The maximum absolute atomic E-state index is 12.7. The molecule has 1 fully saturated rings. The van der Waals surface area contributed by atoms with Gasteiger partial charge in [-0.1, -0.05) is 55.7 Å². The van der Waals surface area contributed by atoms with Crippen LogP contribution >= 0.6 is 0 Å². The number of rotatable bonds is 2. The first-order valence-corrected chi connectivity index (χ1v) is 8.49. The number of hydrogen-bond acceptors (Lipinski definition) is 2. The third-order valence-electron chi connectivity index (χ3n) is 4.94. The molecule has 0 spiro atoms. The minimum absolute atomic E-state index is 0.120. The second-order valence-corrected chi connectivity index (χ2v) is 6.45. The monoisotopic (exact) mass is 307 g/mol. The summed E-state index contributed by atoms with van der Waals surface area (Å²) >= 11 is 0. The Balaban J connectivity index is 1.66. The lowest BCUT2D eigenvalue weighted by Gasteiger charge is -2.30. The summed E-state index contributed by atoms with van der Waals surface area (Å²) in [7, 11) is 0. The Morgan fingerprint density at radius 2 is 1.43 bits per heavy atom. The molecule has 4 rings (SSSR count). The molecular formula is C20H21NO2. The fraction of sp³-hybridized carbons (Fsp3) is 0.350. The second kappa shape index (κ2) is 6.07. The van der Waals surface area contributed by atoms with E-state index in [1.54, 1.807) is 0 Å². The molecule has 2 aliphatic rings. The van der Waals surface area contributed by atoms with Gasteiger partial charge in [0.2, 0.25) is 5.91 Å². The van der Waals surface area contributed by atoms with Crippen molar-refractivity contribution in [1.29, 1.82) is 0 Å². The summed E-state index contributed by atoms with van der Waals surface area (Å²) in [6, 6.07) is 15.8. The second-order valence-electron chi connectivity index (χ2n) is 6.45. The Hall–Kier alpha value is -2.29. The van der Waals surface area contributed by atoms with Crippen LogP contribution in [0.3, 0.4) is 0 Å². The molecule has 0 aromatic heterocycles. The van der Waals surface area contributed by atoms with Crippen molar-refractivity contribution in [3.05, 3.63) is 59.7 Å². The molecule has 3 nitrogen and oxygen atoms in total. The summed E-state index contributed by atoms with van der Waals surface area (Å²) in [5.74, 6) is 2.01. The van der Waals surface area contributed by atoms with Gasteiger partial charge in [0, 0.05) is 17.0 Å². The van der Waals surface area contributed by atoms with Crippen molar-refractivity contribution in [2.75, 3.05) is 0 Å². The number of hydrogen-bond donors (Lipinski definition) is 1. The molecule has 1 amide bonds. The highest BCUT2D eigenvalue weighted by Gasteiger charge is 2.30. The van der Waals surface area contributed by atoms with Gasteiger partial charge in [-0.25, -0.2) is 0 Å². The Morgan fingerprint density at radius 3 is 2.04 bits per heavy atom. The normalized spacial score (nSPS) is 17.7. The Bertz CT molecular complexity index is 674. The largest absolute Gasteiger partial charge is 0.457 e. The van der Waals surface area contributed by atoms with E-state index in [-0.39, 0.29) is 17.9 Å². The van der Waals surface area contributed by atoms with Crippen molar-refractivity contribution in [1.82, 2.24) is 5.32 Å². The highest BCUT2D eigenvalue weighted by Crippen LogP contribution is 2.42. The first kappa shape index (κ1) is 14.3. The van der Waals surface area contributed by atoms with Crippen LogP contribution in [0.5, 0.6) is 11.5 Å². The first-order chi connectivity index (χ1) is 11.3. The van der Waals surface area contributed by atoms with Crippen molar-refractivity contribution in [3.63, 3.8) is 0 Å². The molecule has 118 valence electrons. The van der Waals surface area contributed by atoms with E-state index in [0.29, 0.717) is 0 Å². The minimum Gasteiger partial charge on any atom is -0.457 e. The molecule has 0 bridgehead atoms. The van der Waals surface area contributed by atoms with E-state index in [1.807, 2.05) is 48.5 Å². The van der Waals surface area contributed by atoms with Crippen LogP contribution in [0.2, 0.25) is 0 Å². The molecule has 1 N–H and O–H groups in total. The number of carbonyl (C=O) groups excluding carboxylic acids is 1. The molecule has 2 aromatic rings. The number of amides is 1. The van der Waals surface area contributed by atoms with E-state index in [4.69, 9.17) is 4.74 Å². The molecule has 1 heterocycles. The molecular weight excluding hydrogens is 286 g/mol. The van der Waals surface area contributed by atoms with Crippen LogP contribution < -0.4 is 10.1 Å². The third kappa shape index (κ3) is 2.72. The number of nitrogens with one attached hydrogen (secondary N) is 1. The van der Waals surface area contributed by atoms with Gasteiger partial charge >= 0.3 is 0 Å². The van der Waals surface area contributed by atoms with Gasteiger partial charge in [-0.05, 0) is 25.0 Å². The van der Waals surface area contributed by atoms with Crippen molar-refractivity contribution in [2.45, 2.75) is 38.1 Å². The van der Waals surface area contributed by atoms with Gasteiger partial charge in [-0.3, -0.25) is 4.79 Å². The summed E-state index contributed by atoms with van der Waals surface area (Å²) in [6.45, 7) is 0. The third-order valence-corrected chi connectivity index (χ3v) is 4.94. The fourth-order valence-corrected chi connectivity index (χ4v) is 3.69. The quantitative estimate of drug-likeness (QED) is 0.882. The standard InChI is InChI=1S/C20H21NO2/c22-20(14-8-2-1-3-9-14)21-19-15-10-4-6-12-17(15)23-18-13-7-5-11-16(18)19/h4-7,10-14,19H,1-3,8-9H2,(H,21,22). The molecule has 1 aliphatic heterocycles. The Labute approximate surface area is 136 Å². The summed E-state index contributed by atoms with van der Waals surface area (Å²) in [4.78, 5) is 12.7. The molecule has 0 atom stereocenters. The smallest absolute Gasteiger partial charge is 0.223 e. The zero-order valence-electron chi connectivity index (χ0n) is 13.1. The highest BCUT2D eigenvalue weighted by atomic mass is 16.5. The van der Waals surface area contributed by atoms with Gasteiger partial charge in [0.15, 0.2) is 0 Å². The molecule has 1 aliphatic carbocycles. The lowest BCUT2D eigenvalue weighted by atomic mass is 9.87. The van der Waals surface area contributed by atoms with E-state index >= 15 is 0 Å². The number of ether oxygens (including phenoxy) is 1. The van der Waals surface area contributed by atoms with Crippen molar-refractivity contribution in [3.8, 4) is 11.5 Å². The molecule has 23 heavy (non-hydrogen) atoms. The predicted octanol–water partition coefficient (Wildman–Crippen LogP) is 4.58. The van der Waals surface area contributed by atoms with Gasteiger partial charge < -0.3 is 10.1 Å². The lowest BCUT2D eigenvalue weighted by molar-refractivity contribution is -0.126.